The molecule has 2 heterocycles. The minimum Gasteiger partial charge on any atom is -0.373 e. The second-order valence-corrected chi connectivity index (χ2v) is 6.14. The van der Waals surface area contributed by atoms with Crippen LogP contribution in [0.1, 0.15) is 25.8 Å². The van der Waals surface area contributed by atoms with Gasteiger partial charge >= 0.3 is 0 Å². The number of H-pyrrole nitrogens is 1. The second-order valence-electron chi connectivity index (χ2n) is 6.14. The summed E-state index contributed by atoms with van der Waals surface area (Å²) in [6.45, 7) is 5.33. The number of aromatic nitrogens is 1. The van der Waals surface area contributed by atoms with Crippen LogP contribution in [-0.2, 0) is 11.2 Å². The van der Waals surface area contributed by atoms with Crippen LogP contribution in [0.4, 0.5) is 0 Å². The molecule has 0 fully saturated rings. The van der Waals surface area contributed by atoms with Crippen molar-refractivity contribution >= 4 is 16.7 Å². The van der Waals surface area contributed by atoms with Crippen molar-refractivity contribution in [2.75, 3.05) is 6.54 Å². The molecule has 1 aromatic heterocycles. The van der Waals surface area contributed by atoms with Gasteiger partial charge in [-0.05, 0) is 30.0 Å². The van der Waals surface area contributed by atoms with Gasteiger partial charge in [-0.25, -0.2) is 0 Å². The number of benzene rings is 1. The van der Waals surface area contributed by atoms with Crippen molar-refractivity contribution in [2.24, 2.45) is 5.92 Å². The van der Waals surface area contributed by atoms with Crippen LogP contribution in [0, 0.1) is 5.92 Å². The van der Waals surface area contributed by atoms with E-state index in [2.05, 4.69) is 54.2 Å². The van der Waals surface area contributed by atoms with Gasteiger partial charge in [0.05, 0.1) is 0 Å². The van der Waals surface area contributed by atoms with Crippen molar-refractivity contribution in [1.82, 2.24) is 9.88 Å². The van der Waals surface area contributed by atoms with Crippen LogP contribution < -0.4 is 0 Å². The van der Waals surface area contributed by atoms with Gasteiger partial charge in [0.2, 0.25) is 0 Å². The molecule has 1 aromatic carbocycles. The Morgan fingerprint density at radius 1 is 1.33 bits per heavy atom. The predicted molar refractivity (Wildman–Crippen MR) is 86.1 cm³/mol. The Balaban J connectivity index is 1.74. The first-order valence-corrected chi connectivity index (χ1v) is 7.67. The number of para-hydroxylation sites is 1. The van der Waals surface area contributed by atoms with Crippen LogP contribution >= 0.6 is 0 Å². The first-order valence-electron chi connectivity index (χ1n) is 7.67. The number of aromatic amines is 1. The number of hydrogen-bond donors (Lipinski definition) is 1. The van der Waals surface area contributed by atoms with Crippen LogP contribution in [0.3, 0.4) is 0 Å². The van der Waals surface area contributed by atoms with Gasteiger partial charge < -0.3 is 9.88 Å². The third-order valence-electron chi connectivity index (χ3n) is 4.37. The van der Waals surface area contributed by atoms with E-state index in [-0.39, 0.29) is 5.78 Å². The summed E-state index contributed by atoms with van der Waals surface area (Å²) in [4.78, 5) is 17.3. The lowest BCUT2D eigenvalue weighted by Crippen LogP contribution is -2.40. The van der Waals surface area contributed by atoms with Gasteiger partial charge in [0.25, 0.3) is 0 Å². The van der Waals surface area contributed by atoms with Crippen LogP contribution in [0.5, 0.6) is 0 Å². The van der Waals surface area contributed by atoms with Gasteiger partial charge in [-0.2, -0.15) is 0 Å². The highest BCUT2D eigenvalue weighted by Crippen LogP contribution is 2.22. The lowest BCUT2D eigenvalue weighted by atomic mass is 9.94. The molecule has 3 rings (SSSR count). The van der Waals surface area contributed by atoms with Crippen molar-refractivity contribution < 1.29 is 4.79 Å². The van der Waals surface area contributed by atoms with E-state index in [1.165, 1.54) is 16.5 Å². The molecular formula is C18H22N2O. The number of fused-ring (bicyclic) bond motifs is 1. The van der Waals surface area contributed by atoms with Crippen LogP contribution in [-0.4, -0.2) is 28.3 Å². The summed E-state index contributed by atoms with van der Waals surface area (Å²) >= 11 is 0. The maximum atomic E-state index is 11.6. The molecule has 1 unspecified atom stereocenters. The molecule has 3 nitrogen and oxygen atoms in total. The lowest BCUT2D eigenvalue weighted by molar-refractivity contribution is -0.116. The number of allylic oxidation sites excluding steroid dienone is 1. The van der Waals surface area contributed by atoms with E-state index in [0.29, 0.717) is 18.4 Å². The molecule has 1 atom stereocenters. The zero-order valence-corrected chi connectivity index (χ0v) is 12.7. The lowest BCUT2D eigenvalue weighted by Gasteiger charge is -2.35. The summed E-state index contributed by atoms with van der Waals surface area (Å²) in [7, 11) is 0. The van der Waals surface area contributed by atoms with E-state index in [0.717, 1.165) is 13.0 Å². The molecule has 0 aliphatic carbocycles. The molecule has 0 saturated carbocycles. The molecule has 0 bridgehead atoms. The summed E-state index contributed by atoms with van der Waals surface area (Å²) in [6.07, 6.45) is 7.43. The smallest absolute Gasteiger partial charge is 0.159 e. The number of nitrogens with zero attached hydrogens (tertiary/aromatic N) is 1. The van der Waals surface area contributed by atoms with Gasteiger partial charge in [-0.3, -0.25) is 4.79 Å². The number of hydrogen-bond acceptors (Lipinski definition) is 2. The van der Waals surface area contributed by atoms with Gasteiger partial charge in [-0.1, -0.05) is 32.0 Å². The van der Waals surface area contributed by atoms with E-state index in [4.69, 9.17) is 0 Å². The van der Waals surface area contributed by atoms with Crippen molar-refractivity contribution in [2.45, 2.75) is 32.7 Å². The zero-order valence-electron chi connectivity index (χ0n) is 12.7. The van der Waals surface area contributed by atoms with Gasteiger partial charge in [0, 0.05) is 42.3 Å². The van der Waals surface area contributed by atoms with E-state index < -0.39 is 0 Å². The van der Waals surface area contributed by atoms with E-state index in [1.807, 2.05) is 6.20 Å². The molecule has 0 radical (unpaired) electrons. The average Bonchev–Trinajstić information content (AvgIpc) is 2.89. The minimum absolute atomic E-state index is 0.247. The topological polar surface area (TPSA) is 36.1 Å². The molecular weight excluding hydrogens is 260 g/mol. The highest BCUT2D eigenvalue weighted by atomic mass is 16.1. The number of carbonyl (C=O) groups is 1. The van der Waals surface area contributed by atoms with Crippen LogP contribution in [0.2, 0.25) is 0 Å². The molecule has 3 heteroatoms. The molecule has 0 amide bonds. The maximum Gasteiger partial charge on any atom is 0.159 e. The molecule has 1 aliphatic heterocycles. The van der Waals surface area contributed by atoms with Crippen molar-refractivity contribution in [3.05, 3.63) is 48.3 Å². The highest BCUT2D eigenvalue weighted by Gasteiger charge is 2.25. The number of carbonyl (C=O) groups excluding carboxylic acids is 1. The average molecular weight is 282 g/mol. The molecule has 21 heavy (non-hydrogen) atoms. The van der Waals surface area contributed by atoms with Gasteiger partial charge in [0.1, 0.15) is 0 Å². The molecule has 1 aliphatic rings. The normalized spacial score (nSPS) is 18.9. The largest absolute Gasteiger partial charge is 0.373 e. The van der Waals surface area contributed by atoms with E-state index in [9.17, 15) is 4.79 Å². The quantitative estimate of drug-likeness (QED) is 0.931. The van der Waals surface area contributed by atoms with E-state index >= 15 is 0 Å². The fourth-order valence-electron chi connectivity index (χ4n) is 3.13. The summed E-state index contributed by atoms with van der Waals surface area (Å²) in [5, 5.41) is 1.30. The first kappa shape index (κ1) is 13.9. The monoisotopic (exact) mass is 282 g/mol. The fourth-order valence-corrected chi connectivity index (χ4v) is 3.13. The number of rotatable bonds is 4. The van der Waals surface area contributed by atoms with Crippen molar-refractivity contribution in [3.63, 3.8) is 0 Å². The SMILES string of the molecule is CC(C)C1CC(=O)C=CN1CCc1c[nH]c2ccccc12. The third-order valence-corrected chi connectivity index (χ3v) is 4.37. The van der Waals surface area contributed by atoms with E-state index in [1.54, 1.807) is 6.08 Å². The van der Waals surface area contributed by atoms with Crippen molar-refractivity contribution in [3.8, 4) is 0 Å². The van der Waals surface area contributed by atoms with Gasteiger partial charge in [-0.15, -0.1) is 0 Å². The Labute approximate surface area is 125 Å². The van der Waals surface area contributed by atoms with Crippen LogP contribution in [0.15, 0.2) is 42.7 Å². The van der Waals surface area contributed by atoms with Gasteiger partial charge in [0.15, 0.2) is 5.78 Å². The highest BCUT2D eigenvalue weighted by molar-refractivity contribution is 5.90. The maximum absolute atomic E-state index is 11.6. The minimum atomic E-state index is 0.247. The molecule has 110 valence electrons. The second kappa shape index (κ2) is 5.76. The molecule has 2 aromatic rings. The Morgan fingerprint density at radius 2 is 2.14 bits per heavy atom. The Morgan fingerprint density at radius 3 is 2.95 bits per heavy atom. The standard InChI is InChI=1S/C18H22N2O/c1-13(2)18-11-15(21)8-10-20(18)9-7-14-12-19-17-6-4-3-5-16(14)17/h3-6,8,10,12-13,18-19H,7,9,11H2,1-2H3. The van der Waals surface area contributed by atoms with Crippen molar-refractivity contribution in [1.29, 1.82) is 0 Å². The molecule has 1 N–H and O–H groups in total. The Bertz CT molecular complexity index is 669. The first-order chi connectivity index (χ1) is 10.1. The summed E-state index contributed by atoms with van der Waals surface area (Å²) < 4.78 is 0. The fraction of sp³-hybridized carbons (Fsp3) is 0.389. The third kappa shape index (κ3) is 2.87. The van der Waals surface area contributed by atoms with Crippen LogP contribution in [0.25, 0.3) is 10.9 Å². The number of ketones is 1. The summed E-state index contributed by atoms with van der Waals surface area (Å²) in [5.41, 5.74) is 2.54. The Kier molecular flexibility index (Phi) is 3.82. The molecule has 0 saturated heterocycles. The Hall–Kier alpha value is -2.03. The predicted octanol–water partition coefficient (Wildman–Crippen LogP) is 3.52. The summed E-state index contributed by atoms with van der Waals surface area (Å²) in [6, 6.07) is 8.73. The number of nitrogens with one attached hydrogen (secondary N) is 1. The molecule has 0 spiro atoms. The zero-order chi connectivity index (χ0) is 14.8. The summed E-state index contributed by atoms with van der Waals surface area (Å²) in [5.74, 6) is 0.735.